The molecule has 0 bridgehead atoms. The van der Waals surface area contributed by atoms with Crippen molar-refractivity contribution in [2.75, 3.05) is 37.7 Å². The van der Waals surface area contributed by atoms with Crippen molar-refractivity contribution < 1.29 is 18.3 Å². The number of likely N-dealkylation sites (tertiary alicyclic amines) is 1. The molecule has 0 aromatic heterocycles. The number of carbonyl (C=O) groups is 1. The number of phenols is 1. The van der Waals surface area contributed by atoms with Gasteiger partial charge in [0.15, 0.2) is 9.84 Å². The smallest absolute Gasteiger partial charge is 0.255 e. The number of hydrogen-bond donors (Lipinski definition) is 2. The first-order chi connectivity index (χ1) is 11.2. The molecule has 0 radical (unpaired) electrons. The molecule has 24 heavy (non-hydrogen) atoms. The Morgan fingerprint density at radius 2 is 2.04 bits per heavy atom. The first kappa shape index (κ1) is 17.8. The van der Waals surface area contributed by atoms with Gasteiger partial charge >= 0.3 is 0 Å². The molecular formula is C15H18Cl2N2O4S. The van der Waals surface area contributed by atoms with E-state index in [2.05, 4.69) is 10.2 Å². The van der Waals surface area contributed by atoms with E-state index in [1.807, 2.05) is 0 Å². The number of amides is 1. The number of rotatable bonds is 4. The van der Waals surface area contributed by atoms with Crippen molar-refractivity contribution in [3.63, 3.8) is 0 Å². The second-order valence-electron chi connectivity index (χ2n) is 6.60. The Kier molecular flexibility index (Phi) is 4.72. The third-order valence-corrected chi connectivity index (χ3v) is 7.17. The van der Waals surface area contributed by atoms with Crippen LogP contribution in [0.5, 0.6) is 5.75 Å². The number of halogens is 2. The van der Waals surface area contributed by atoms with Gasteiger partial charge in [0.1, 0.15) is 5.75 Å². The number of aromatic hydroxyl groups is 1. The van der Waals surface area contributed by atoms with Crippen molar-refractivity contribution in [2.24, 2.45) is 5.41 Å². The van der Waals surface area contributed by atoms with Gasteiger partial charge in [-0.2, -0.15) is 0 Å². The minimum absolute atomic E-state index is 0.0281. The summed E-state index contributed by atoms with van der Waals surface area (Å²) in [5.74, 6) is -0.189. The number of phenolic OH excluding ortho intramolecular Hbond substituents is 1. The van der Waals surface area contributed by atoms with Gasteiger partial charge in [-0.3, -0.25) is 4.79 Å². The molecule has 2 saturated heterocycles. The molecule has 2 heterocycles. The molecule has 3 rings (SSSR count). The molecule has 2 N–H and O–H groups in total. The summed E-state index contributed by atoms with van der Waals surface area (Å²) >= 11 is 11.7. The van der Waals surface area contributed by atoms with Crippen LogP contribution in [0.25, 0.3) is 0 Å². The van der Waals surface area contributed by atoms with Crippen molar-refractivity contribution in [3.05, 3.63) is 27.7 Å². The van der Waals surface area contributed by atoms with E-state index >= 15 is 0 Å². The molecule has 6 nitrogen and oxygen atoms in total. The minimum Gasteiger partial charge on any atom is -0.506 e. The summed E-state index contributed by atoms with van der Waals surface area (Å²) in [6.07, 6.45) is 0.880. The number of sulfone groups is 1. The summed E-state index contributed by atoms with van der Waals surface area (Å²) in [6, 6.07) is 2.73. The Morgan fingerprint density at radius 1 is 1.33 bits per heavy atom. The Labute approximate surface area is 150 Å². The van der Waals surface area contributed by atoms with Crippen molar-refractivity contribution in [1.29, 1.82) is 0 Å². The first-order valence-electron chi connectivity index (χ1n) is 7.59. The Bertz CT molecular complexity index is 770. The summed E-state index contributed by atoms with van der Waals surface area (Å²) in [5.41, 5.74) is -0.0443. The Hall–Kier alpha value is -1.02. The van der Waals surface area contributed by atoms with E-state index in [1.54, 1.807) is 0 Å². The van der Waals surface area contributed by atoms with E-state index in [-0.39, 0.29) is 38.3 Å². The topological polar surface area (TPSA) is 86.7 Å². The second-order valence-corrected chi connectivity index (χ2v) is 9.51. The van der Waals surface area contributed by atoms with Gasteiger partial charge in [-0.1, -0.05) is 23.2 Å². The summed E-state index contributed by atoms with van der Waals surface area (Å²) in [4.78, 5) is 14.3. The van der Waals surface area contributed by atoms with E-state index in [0.29, 0.717) is 13.1 Å². The lowest BCUT2D eigenvalue weighted by Crippen LogP contribution is -2.50. The van der Waals surface area contributed by atoms with Crippen LogP contribution in [0.2, 0.25) is 10.0 Å². The average molecular weight is 393 g/mol. The van der Waals surface area contributed by atoms with Gasteiger partial charge in [-0.25, -0.2) is 8.42 Å². The lowest BCUT2D eigenvalue weighted by atomic mass is 9.91. The molecule has 0 aliphatic carbocycles. The van der Waals surface area contributed by atoms with E-state index in [1.165, 1.54) is 12.1 Å². The second kappa shape index (κ2) is 6.37. The van der Waals surface area contributed by atoms with Crippen molar-refractivity contribution in [3.8, 4) is 5.75 Å². The zero-order valence-corrected chi connectivity index (χ0v) is 15.2. The largest absolute Gasteiger partial charge is 0.506 e. The molecular weight excluding hydrogens is 375 g/mol. The van der Waals surface area contributed by atoms with Gasteiger partial charge in [0, 0.05) is 30.1 Å². The minimum atomic E-state index is -2.83. The summed E-state index contributed by atoms with van der Waals surface area (Å²) < 4.78 is 22.8. The highest BCUT2D eigenvalue weighted by atomic mass is 35.5. The maximum Gasteiger partial charge on any atom is 0.255 e. The molecule has 0 unspecified atom stereocenters. The third kappa shape index (κ3) is 3.64. The molecule has 2 aliphatic heterocycles. The molecule has 1 spiro atoms. The lowest BCUT2D eigenvalue weighted by molar-refractivity contribution is 0.0946. The quantitative estimate of drug-likeness (QED) is 0.811. The van der Waals surface area contributed by atoms with E-state index < -0.39 is 15.7 Å². The molecule has 0 atom stereocenters. The fourth-order valence-electron chi connectivity index (χ4n) is 3.51. The number of carbonyl (C=O) groups excluding carboxylic acids is 1. The number of hydrogen-bond acceptors (Lipinski definition) is 5. The SMILES string of the molecule is O=C(NCCN1CCC2(C1)CS(=O)(=O)C2)c1cc(Cl)cc(Cl)c1O. The average Bonchev–Trinajstić information content (AvgIpc) is 2.84. The van der Waals surface area contributed by atoms with E-state index in [4.69, 9.17) is 23.2 Å². The van der Waals surface area contributed by atoms with Crippen LogP contribution in [-0.2, 0) is 9.84 Å². The molecule has 2 aliphatic rings. The van der Waals surface area contributed by atoms with E-state index in [9.17, 15) is 18.3 Å². The Morgan fingerprint density at radius 3 is 2.71 bits per heavy atom. The summed E-state index contributed by atoms with van der Waals surface area (Å²) in [7, 11) is -2.83. The van der Waals surface area contributed by atoms with Gasteiger partial charge in [0.05, 0.1) is 22.1 Å². The highest BCUT2D eigenvalue weighted by molar-refractivity contribution is 7.92. The highest BCUT2D eigenvalue weighted by Crippen LogP contribution is 2.41. The normalized spacial score (nSPS) is 21.6. The van der Waals surface area contributed by atoms with Crippen LogP contribution < -0.4 is 5.32 Å². The molecule has 9 heteroatoms. The van der Waals surface area contributed by atoms with Gasteiger partial charge in [0.25, 0.3) is 5.91 Å². The van der Waals surface area contributed by atoms with Crippen molar-refractivity contribution >= 4 is 38.9 Å². The van der Waals surface area contributed by atoms with E-state index in [0.717, 1.165) is 19.5 Å². The van der Waals surface area contributed by atoms with Crippen LogP contribution in [0.4, 0.5) is 0 Å². The number of benzene rings is 1. The van der Waals surface area contributed by atoms with Crippen LogP contribution in [0.1, 0.15) is 16.8 Å². The maximum atomic E-state index is 12.1. The van der Waals surface area contributed by atoms with Crippen LogP contribution >= 0.6 is 23.2 Å². The molecule has 1 amide bonds. The molecule has 132 valence electrons. The lowest BCUT2D eigenvalue weighted by Gasteiger charge is -2.37. The predicted molar refractivity (Wildman–Crippen MR) is 92.6 cm³/mol. The van der Waals surface area contributed by atoms with Crippen molar-refractivity contribution in [2.45, 2.75) is 6.42 Å². The number of nitrogens with zero attached hydrogens (tertiary/aromatic N) is 1. The fraction of sp³-hybridized carbons (Fsp3) is 0.533. The summed E-state index contributed by atoms with van der Waals surface area (Å²) in [6.45, 7) is 2.60. The van der Waals surface area contributed by atoms with Gasteiger partial charge in [-0.15, -0.1) is 0 Å². The van der Waals surface area contributed by atoms with Crippen molar-refractivity contribution in [1.82, 2.24) is 10.2 Å². The maximum absolute atomic E-state index is 12.1. The van der Waals surface area contributed by atoms with Gasteiger partial charge in [0.2, 0.25) is 0 Å². The molecule has 2 fully saturated rings. The Balaban J connectivity index is 1.50. The zero-order valence-electron chi connectivity index (χ0n) is 12.9. The first-order valence-corrected chi connectivity index (χ1v) is 10.2. The molecule has 0 saturated carbocycles. The molecule has 1 aromatic carbocycles. The zero-order chi connectivity index (χ0) is 17.5. The van der Waals surface area contributed by atoms with Crippen LogP contribution in [-0.4, -0.2) is 62.0 Å². The summed E-state index contributed by atoms with van der Waals surface area (Å²) in [5, 5.41) is 12.9. The third-order valence-electron chi connectivity index (χ3n) is 4.56. The monoisotopic (exact) mass is 392 g/mol. The van der Waals surface area contributed by atoms with Crippen LogP contribution in [0.3, 0.4) is 0 Å². The standard InChI is InChI=1S/C15H18Cl2N2O4S/c16-10-5-11(13(20)12(17)6-10)14(21)18-2-4-19-3-1-15(7-19)8-24(22,23)9-15/h5-6,20H,1-4,7-9H2,(H,18,21). The van der Waals surface area contributed by atoms with Gasteiger partial charge in [-0.05, 0) is 25.1 Å². The highest BCUT2D eigenvalue weighted by Gasteiger charge is 2.51. The van der Waals surface area contributed by atoms with Crippen LogP contribution in [0, 0.1) is 5.41 Å². The van der Waals surface area contributed by atoms with Crippen LogP contribution in [0.15, 0.2) is 12.1 Å². The molecule has 1 aromatic rings. The fourth-order valence-corrected chi connectivity index (χ4v) is 6.25. The number of nitrogens with one attached hydrogen (secondary N) is 1. The van der Waals surface area contributed by atoms with Gasteiger partial charge < -0.3 is 15.3 Å². The predicted octanol–water partition coefficient (Wildman–Crippen LogP) is 1.55.